The summed E-state index contributed by atoms with van der Waals surface area (Å²) in [6.07, 6.45) is -7.00. The number of nitrogens with one attached hydrogen (secondary N) is 4. The van der Waals surface area contributed by atoms with E-state index in [0.717, 1.165) is 48.9 Å². The molecule has 0 aliphatic rings. The lowest BCUT2D eigenvalue weighted by molar-refractivity contribution is -0.138. The molecule has 10 N–H and O–H groups in total. The molecule has 0 radical (unpaired) electrons. The molecule has 51 heavy (non-hydrogen) atoms. The first-order chi connectivity index (χ1) is 24.1. The number of nitrogens with zero attached hydrogens (tertiary/aromatic N) is 1. The Bertz CT molecular complexity index is 1650. The molecule has 11 nitrogen and oxygen atoms in total. The molecular formula is C33H40F6N8O3S. The van der Waals surface area contributed by atoms with Crippen molar-refractivity contribution in [1.82, 2.24) is 0 Å². The highest BCUT2D eigenvalue weighted by Crippen LogP contribution is 2.41. The zero-order chi connectivity index (χ0) is 37.6. The van der Waals surface area contributed by atoms with Crippen molar-refractivity contribution in [3.8, 4) is 11.5 Å². The van der Waals surface area contributed by atoms with Gasteiger partial charge in [-0.1, -0.05) is 13.3 Å². The van der Waals surface area contributed by atoms with Crippen LogP contribution in [0.4, 0.5) is 53.9 Å². The van der Waals surface area contributed by atoms with E-state index < -0.39 is 35.4 Å². The zero-order valence-electron chi connectivity index (χ0n) is 27.6. The molecular weight excluding hydrogens is 702 g/mol. The third kappa shape index (κ3) is 13.8. The molecule has 3 amide bonds. The first-order valence-electron chi connectivity index (χ1n) is 15.8. The fourth-order valence-corrected chi connectivity index (χ4v) is 5.33. The predicted molar refractivity (Wildman–Crippen MR) is 188 cm³/mol. The number of hydrogen-bond donors (Lipinski definition) is 7. The number of ether oxygens (including phenoxy) is 1. The lowest BCUT2D eigenvalue weighted by atomic mass is 10.1. The second-order valence-electron chi connectivity index (χ2n) is 11.1. The minimum absolute atomic E-state index is 0.0228. The topological polar surface area (TPSA) is 182 Å². The van der Waals surface area contributed by atoms with Crippen LogP contribution in [0, 0.1) is 0 Å². The van der Waals surface area contributed by atoms with Crippen LogP contribution in [0.1, 0.15) is 50.2 Å². The van der Waals surface area contributed by atoms with Gasteiger partial charge in [-0.3, -0.25) is 9.79 Å². The number of benzene rings is 3. The summed E-state index contributed by atoms with van der Waals surface area (Å²) in [5, 5.41) is 10.4. The number of amides is 3. The first kappa shape index (κ1) is 40.6. The van der Waals surface area contributed by atoms with E-state index in [1.165, 1.54) is 30.3 Å². The van der Waals surface area contributed by atoms with Crippen LogP contribution in [-0.4, -0.2) is 43.3 Å². The highest BCUT2D eigenvalue weighted by molar-refractivity contribution is 7.99. The second kappa shape index (κ2) is 19.0. The number of guanidine groups is 1. The lowest BCUT2D eigenvalue weighted by Crippen LogP contribution is -2.23. The number of halogens is 6. The summed E-state index contributed by atoms with van der Waals surface area (Å²) in [6, 6.07) is 9.53. The summed E-state index contributed by atoms with van der Waals surface area (Å²) in [4.78, 5) is 29.7. The van der Waals surface area contributed by atoms with E-state index in [1.54, 1.807) is 0 Å². The molecule has 0 aliphatic carbocycles. The molecule has 0 atom stereocenters. The minimum Gasteiger partial charge on any atom is -0.457 e. The van der Waals surface area contributed by atoms with Gasteiger partial charge in [-0.05, 0) is 67.8 Å². The highest BCUT2D eigenvalue weighted by Gasteiger charge is 2.33. The van der Waals surface area contributed by atoms with E-state index in [2.05, 4.69) is 26.3 Å². The molecule has 18 heteroatoms. The van der Waals surface area contributed by atoms with Gasteiger partial charge in [0.1, 0.15) is 11.5 Å². The third-order valence-electron chi connectivity index (χ3n) is 6.85. The van der Waals surface area contributed by atoms with Gasteiger partial charge in [-0.25, -0.2) is 4.79 Å². The molecule has 3 aromatic rings. The summed E-state index contributed by atoms with van der Waals surface area (Å²) in [7, 11) is 0. The summed E-state index contributed by atoms with van der Waals surface area (Å²) in [5.41, 5.74) is 14.2. The number of anilines is 4. The fraction of sp³-hybridized carbons (Fsp3) is 0.364. The standard InChI is InChI=1S/C33H40F6N8O3S/c1-2-3-12-43-23-15-20(32(34,35)36)16-25(19-23)50-24-9-7-22(8-10-24)45-31(49)47-27-18-21(33(37,38)39)17-26(29(27)51-14-11-40)46-28(48)6-4-5-13-44-30(41)42/h7-10,15-19,43H,2-6,11-14,40H2,1H3,(H,46,48)(H4,41,42,44)(H2,45,47,49). The summed E-state index contributed by atoms with van der Waals surface area (Å²) >= 11 is 1.04. The highest BCUT2D eigenvalue weighted by atomic mass is 32.2. The number of alkyl halides is 6. The third-order valence-corrected chi connectivity index (χ3v) is 8.02. The van der Waals surface area contributed by atoms with Crippen LogP contribution in [0.5, 0.6) is 11.5 Å². The fourth-order valence-electron chi connectivity index (χ4n) is 4.47. The van der Waals surface area contributed by atoms with Crippen molar-refractivity contribution in [2.75, 3.05) is 46.7 Å². The number of rotatable bonds is 17. The van der Waals surface area contributed by atoms with E-state index in [-0.39, 0.29) is 70.4 Å². The van der Waals surface area contributed by atoms with Gasteiger partial charge in [0.25, 0.3) is 0 Å². The number of unbranched alkanes of at least 4 members (excludes halogenated alkanes) is 2. The van der Waals surface area contributed by atoms with Crippen LogP contribution in [0.2, 0.25) is 0 Å². The van der Waals surface area contributed by atoms with Crippen molar-refractivity contribution in [2.24, 2.45) is 22.2 Å². The summed E-state index contributed by atoms with van der Waals surface area (Å²) in [5.74, 6) is -0.302. The Morgan fingerprint density at radius 3 is 2.06 bits per heavy atom. The molecule has 278 valence electrons. The maximum Gasteiger partial charge on any atom is 0.416 e. The Labute approximate surface area is 295 Å². The van der Waals surface area contributed by atoms with E-state index in [4.69, 9.17) is 21.9 Å². The molecule has 0 unspecified atom stereocenters. The number of carbonyl (C=O) groups excluding carboxylic acids is 2. The van der Waals surface area contributed by atoms with Gasteiger partial charge in [0.15, 0.2) is 5.96 Å². The van der Waals surface area contributed by atoms with Crippen LogP contribution in [0.3, 0.4) is 0 Å². The molecule has 0 heterocycles. The normalized spacial score (nSPS) is 11.5. The Morgan fingerprint density at radius 1 is 0.804 bits per heavy atom. The van der Waals surface area contributed by atoms with E-state index in [0.29, 0.717) is 19.4 Å². The number of hydrogen-bond acceptors (Lipinski definition) is 7. The van der Waals surface area contributed by atoms with Gasteiger partial charge < -0.3 is 43.2 Å². The van der Waals surface area contributed by atoms with Crippen molar-refractivity contribution in [3.63, 3.8) is 0 Å². The quantitative estimate of drug-likeness (QED) is 0.0240. The van der Waals surface area contributed by atoms with Crippen LogP contribution >= 0.6 is 11.8 Å². The molecule has 0 saturated carbocycles. The second-order valence-corrected chi connectivity index (χ2v) is 12.2. The average Bonchev–Trinajstić information content (AvgIpc) is 3.04. The van der Waals surface area contributed by atoms with E-state index in [9.17, 15) is 35.9 Å². The van der Waals surface area contributed by atoms with Gasteiger partial charge in [-0.2, -0.15) is 26.3 Å². The predicted octanol–water partition coefficient (Wildman–Crippen LogP) is 7.81. The number of carbonyl (C=O) groups is 2. The average molecular weight is 743 g/mol. The molecule has 3 rings (SSSR count). The van der Waals surface area contributed by atoms with Gasteiger partial charge in [0, 0.05) is 49.2 Å². The summed E-state index contributed by atoms with van der Waals surface area (Å²) < 4.78 is 87.9. The molecule has 0 aromatic heterocycles. The van der Waals surface area contributed by atoms with Crippen molar-refractivity contribution in [3.05, 3.63) is 65.7 Å². The summed E-state index contributed by atoms with van der Waals surface area (Å²) in [6.45, 7) is 2.87. The Morgan fingerprint density at radius 2 is 1.45 bits per heavy atom. The molecule has 0 saturated heterocycles. The van der Waals surface area contributed by atoms with E-state index in [1.807, 2.05) is 6.92 Å². The maximum atomic E-state index is 13.9. The van der Waals surface area contributed by atoms with Crippen molar-refractivity contribution in [2.45, 2.75) is 56.3 Å². The van der Waals surface area contributed by atoms with Crippen LogP contribution in [-0.2, 0) is 17.1 Å². The lowest BCUT2D eigenvalue weighted by Gasteiger charge is -2.19. The number of nitrogens with two attached hydrogens (primary N) is 3. The molecule has 0 aliphatic heterocycles. The van der Waals surface area contributed by atoms with Crippen LogP contribution in [0.25, 0.3) is 0 Å². The largest absolute Gasteiger partial charge is 0.457 e. The van der Waals surface area contributed by atoms with Crippen molar-refractivity contribution < 1.29 is 40.7 Å². The van der Waals surface area contributed by atoms with Crippen LogP contribution in [0.15, 0.2) is 64.5 Å². The van der Waals surface area contributed by atoms with Gasteiger partial charge in [0.05, 0.1) is 27.4 Å². The smallest absolute Gasteiger partial charge is 0.416 e. The Hall–Kier alpha value is -4.84. The van der Waals surface area contributed by atoms with Gasteiger partial charge in [-0.15, -0.1) is 11.8 Å². The number of urea groups is 1. The molecule has 0 spiro atoms. The van der Waals surface area contributed by atoms with Crippen molar-refractivity contribution in [1.29, 1.82) is 0 Å². The number of thioether (sulfide) groups is 1. The SMILES string of the molecule is CCCCNc1cc(Oc2ccc(NC(=O)Nc3cc(C(F)(F)F)cc(NC(=O)CCCCN=C(N)N)c3SCCN)cc2)cc(C(F)(F)F)c1. The van der Waals surface area contributed by atoms with Gasteiger partial charge >= 0.3 is 18.4 Å². The maximum absolute atomic E-state index is 13.9. The Kier molecular flexibility index (Phi) is 15.1. The Balaban J connectivity index is 1.78. The monoisotopic (exact) mass is 742 g/mol. The van der Waals surface area contributed by atoms with E-state index >= 15 is 0 Å². The number of aliphatic imine (C=N–C) groups is 1. The molecule has 0 bridgehead atoms. The van der Waals surface area contributed by atoms with Crippen LogP contribution < -0.4 is 43.2 Å². The first-order valence-corrected chi connectivity index (χ1v) is 16.8. The van der Waals surface area contributed by atoms with Crippen molar-refractivity contribution >= 4 is 52.4 Å². The molecule has 0 fully saturated rings. The molecule has 3 aromatic carbocycles. The van der Waals surface area contributed by atoms with Gasteiger partial charge in [0.2, 0.25) is 5.91 Å². The minimum atomic E-state index is -4.81. The zero-order valence-corrected chi connectivity index (χ0v) is 28.5.